The van der Waals surface area contributed by atoms with Gasteiger partial charge in [-0.15, -0.1) is 0 Å². The van der Waals surface area contributed by atoms with Crippen LogP contribution in [0.3, 0.4) is 0 Å². The first-order chi connectivity index (χ1) is 6.25. The van der Waals surface area contributed by atoms with Crippen molar-refractivity contribution in [3.05, 3.63) is 0 Å². The van der Waals surface area contributed by atoms with Crippen LogP contribution in [0.25, 0.3) is 0 Å². The normalized spacial score (nSPS) is 20.9. The molecule has 0 bridgehead atoms. The van der Waals surface area contributed by atoms with Gasteiger partial charge in [0.2, 0.25) is 5.91 Å². The third-order valence-electron chi connectivity index (χ3n) is 2.57. The van der Waals surface area contributed by atoms with Crippen LogP contribution in [0.4, 0.5) is 0 Å². The standard InChI is InChI=1S/C10H19NOS/c1-3-9(2)10(12)11-5-4-7-13-8-6-11/h9H,3-8H2,1-2H3. The lowest BCUT2D eigenvalue weighted by Crippen LogP contribution is -2.36. The molecule has 1 aliphatic rings. The van der Waals surface area contributed by atoms with E-state index < -0.39 is 0 Å². The van der Waals surface area contributed by atoms with E-state index in [-0.39, 0.29) is 5.92 Å². The summed E-state index contributed by atoms with van der Waals surface area (Å²) in [7, 11) is 0. The third-order valence-corrected chi connectivity index (χ3v) is 3.62. The Morgan fingerprint density at radius 1 is 1.46 bits per heavy atom. The fourth-order valence-corrected chi connectivity index (χ4v) is 2.34. The van der Waals surface area contributed by atoms with Gasteiger partial charge in [-0.05, 0) is 18.6 Å². The third kappa shape index (κ3) is 3.22. The van der Waals surface area contributed by atoms with Crippen molar-refractivity contribution >= 4 is 17.7 Å². The molecule has 1 saturated heterocycles. The summed E-state index contributed by atoms with van der Waals surface area (Å²) in [4.78, 5) is 13.8. The molecular formula is C10H19NOS. The largest absolute Gasteiger partial charge is 0.342 e. The van der Waals surface area contributed by atoms with E-state index in [1.165, 1.54) is 5.75 Å². The highest BCUT2D eigenvalue weighted by Crippen LogP contribution is 2.13. The molecule has 13 heavy (non-hydrogen) atoms. The van der Waals surface area contributed by atoms with Crippen LogP contribution in [0.5, 0.6) is 0 Å². The van der Waals surface area contributed by atoms with Crippen LogP contribution >= 0.6 is 11.8 Å². The Balaban J connectivity index is 2.43. The summed E-state index contributed by atoms with van der Waals surface area (Å²) in [5, 5.41) is 0. The molecule has 1 amide bonds. The van der Waals surface area contributed by atoms with Crippen LogP contribution in [0.1, 0.15) is 26.7 Å². The second-order valence-electron chi connectivity index (χ2n) is 3.60. The van der Waals surface area contributed by atoms with E-state index in [4.69, 9.17) is 0 Å². The van der Waals surface area contributed by atoms with E-state index in [2.05, 4.69) is 6.92 Å². The summed E-state index contributed by atoms with van der Waals surface area (Å²) in [5.41, 5.74) is 0. The number of hydrogen-bond donors (Lipinski definition) is 0. The Morgan fingerprint density at radius 2 is 2.23 bits per heavy atom. The average Bonchev–Trinajstić information content (AvgIpc) is 2.43. The molecule has 1 fully saturated rings. The molecule has 1 atom stereocenters. The molecule has 0 aromatic rings. The minimum Gasteiger partial charge on any atom is -0.342 e. The lowest BCUT2D eigenvalue weighted by Gasteiger charge is -2.23. The zero-order chi connectivity index (χ0) is 9.68. The molecular weight excluding hydrogens is 182 g/mol. The van der Waals surface area contributed by atoms with E-state index in [0.717, 1.165) is 31.7 Å². The van der Waals surface area contributed by atoms with Gasteiger partial charge in [-0.3, -0.25) is 4.79 Å². The molecule has 0 N–H and O–H groups in total. The fraction of sp³-hybridized carbons (Fsp3) is 0.900. The second kappa shape index (κ2) is 5.53. The zero-order valence-corrected chi connectivity index (χ0v) is 9.40. The van der Waals surface area contributed by atoms with Crippen LogP contribution in [-0.2, 0) is 4.79 Å². The van der Waals surface area contributed by atoms with Crippen molar-refractivity contribution in [2.24, 2.45) is 5.92 Å². The molecule has 0 aromatic carbocycles. The van der Waals surface area contributed by atoms with Crippen molar-refractivity contribution in [1.82, 2.24) is 4.90 Å². The first-order valence-corrected chi connectivity index (χ1v) is 6.27. The van der Waals surface area contributed by atoms with Crippen LogP contribution < -0.4 is 0 Å². The summed E-state index contributed by atoms with van der Waals surface area (Å²) < 4.78 is 0. The number of thioether (sulfide) groups is 1. The first-order valence-electron chi connectivity index (χ1n) is 5.12. The van der Waals surface area contributed by atoms with Crippen LogP contribution in [0.2, 0.25) is 0 Å². The van der Waals surface area contributed by atoms with Gasteiger partial charge < -0.3 is 4.90 Å². The molecule has 0 radical (unpaired) electrons. The van der Waals surface area contributed by atoms with Crippen LogP contribution in [0.15, 0.2) is 0 Å². The van der Waals surface area contributed by atoms with Gasteiger partial charge in [-0.1, -0.05) is 13.8 Å². The Kier molecular flexibility index (Phi) is 4.64. The zero-order valence-electron chi connectivity index (χ0n) is 8.58. The molecule has 1 rings (SSSR count). The number of nitrogens with zero attached hydrogens (tertiary/aromatic N) is 1. The van der Waals surface area contributed by atoms with E-state index in [9.17, 15) is 4.79 Å². The summed E-state index contributed by atoms with van der Waals surface area (Å²) in [6.45, 7) is 6.03. The average molecular weight is 201 g/mol. The summed E-state index contributed by atoms with van der Waals surface area (Å²) >= 11 is 1.96. The van der Waals surface area contributed by atoms with Gasteiger partial charge in [-0.2, -0.15) is 11.8 Å². The van der Waals surface area contributed by atoms with Crippen LogP contribution in [0, 0.1) is 5.92 Å². The van der Waals surface area contributed by atoms with E-state index in [1.807, 2.05) is 23.6 Å². The lowest BCUT2D eigenvalue weighted by molar-refractivity contribution is -0.134. The number of rotatable bonds is 2. The molecule has 3 heteroatoms. The molecule has 0 aromatic heterocycles. The van der Waals surface area contributed by atoms with Gasteiger partial charge in [0.05, 0.1) is 0 Å². The number of carbonyl (C=O) groups excluding carboxylic acids is 1. The highest BCUT2D eigenvalue weighted by atomic mass is 32.2. The Hall–Kier alpha value is -0.180. The smallest absolute Gasteiger partial charge is 0.225 e. The molecule has 2 nitrogen and oxygen atoms in total. The highest BCUT2D eigenvalue weighted by molar-refractivity contribution is 7.99. The van der Waals surface area contributed by atoms with Gasteiger partial charge in [0, 0.05) is 24.8 Å². The Labute approximate surface area is 85.1 Å². The quantitative estimate of drug-likeness (QED) is 0.681. The minimum atomic E-state index is 0.211. The predicted molar refractivity (Wildman–Crippen MR) is 58.0 cm³/mol. The molecule has 76 valence electrons. The van der Waals surface area contributed by atoms with Crippen molar-refractivity contribution in [2.45, 2.75) is 26.7 Å². The second-order valence-corrected chi connectivity index (χ2v) is 4.83. The van der Waals surface area contributed by atoms with Crippen molar-refractivity contribution in [3.63, 3.8) is 0 Å². The molecule has 1 aliphatic heterocycles. The maximum absolute atomic E-state index is 11.8. The maximum atomic E-state index is 11.8. The monoisotopic (exact) mass is 201 g/mol. The van der Waals surface area contributed by atoms with Gasteiger partial charge in [0.25, 0.3) is 0 Å². The lowest BCUT2D eigenvalue weighted by atomic mass is 10.1. The molecule has 1 unspecified atom stereocenters. The van der Waals surface area contributed by atoms with Crippen molar-refractivity contribution < 1.29 is 4.79 Å². The SMILES string of the molecule is CCC(C)C(=O)N1CCCSCC1. The minimum absolute atomic E-state index is 0.211. The van der Waals surface area contributed by atoms with Gasteiger partial charge in [0.15, 0.2) is 0 Å². The van der Waals surface area contributed by atoms with Crippen molar-refractivity contribution in [3.8, 4) is 0 Å². The summed E-state index contributed by atoms with van der Waals surface area (Å²) in [6.07, 6.45) is 2.12. The molecule has 0 spiro atoms. The number of carbonyl (C=O) groups is 1. The number of hydrogen-bond acceptors (Lipinski definition) is 2. The molecule has 0 aliphatic carbocycles. The molecule has 0 saturated carbocycles. The van der Waals surface area contributed by atoms with Gasteiger partial charge in [0.1, 0.15) is 0 Å². The Bertz CT molecular complexity index is 164. The van der Waals surface area contributed by atoms with E-state index in [0.29, 0.717) is 5.91 Å². The van der Waals surface area contributed by atoms with Gasteiger partial charge >= 0.3 is 0 Å². The fourth-order valence-electron chi connectivity index (χ4n) is 1.45. The topological polar surface area (TPSA) is 20.3 Å². The predicted octanol–water partition coefficient (Wildman–Crippen LogP) is 2.00. The number of amides is 1. The summed E-state index contributed by atoms with van der Waals surface area (Å²) in [5.74, 6) is 2.89. The van der Waals surface area contributed by atoms with Crippen molar-refractivity contribution in [1.29, 1.82) is 0 Å². The van der Waals surface area contributed by atoms with E-state index in [1.54, 1.807) is 0 Å². The van der Waals surface area contributed by atoms with E-state index >= 15 is 0 Å². The Morgan fingerprint density at radius 3 is 2.92 bits per heavy atom. The maximum Gasteiger partial charge on any atom is 0.225 e. The summed E-state index contributed by atoms with van der Waals surface area (Å²) in [6, 6.07) is 0. The first kappa shape index (κ1) is 10.9. The van der Waals surface area contributed by atoms with Gasteiger partial charge in [-0.25, -0.2) is 0 Å². The molecule has 1 heterocycles. The van der Waals surface area contributed by atoms with Crippen molar-refractivity contribution in [2.75, 3.05) is 24.6 Å². The highest BCUT2D eigenvalue weighted by Gasteiger charge is 2.19. The van der Waals surface area contributed by atoms with Crippen LogP contribution in [-0.4, -0.2) is 35.4 Å².